The molecule has 0 saturated heterocycles. The first-order valence-corrected chi connectivity index (χ1v) is 13.6. The highest BCUT2D eigenvalue weighted by Gasteiger charge is 2.08. The van der Waals surface area contributed by atoms with Gasteiger partial charge in [-0.15, -0.1) is 0 Å². The molecule has 0 heterocycles. The van der Waals surface area contributed by atoms with Gasteiger partial charge in [0.15, 0.2) is 0 Å². The zero-order chi connectivity index (χ0) is 28.0. The summed E-state index contributed by atoms with van der Waals surface area (Å²) in [5.74, 6) is -0.492. The summed E-state index contributed by atoms with van der Waals surface area (Å²) >= 11 is 0. The minimum Gasteiger partial charge on any atom is -0.273 e. The normalized spacial score (nSPS) is 11.7. The molecule has 0 aliphatic carbocycles. The molecule has 2 N–H and O–H groups in total. The van der Waals surface area contributed by atoms with E-state index in [-0.39, 0.29) is 24.7 Å². The number of rotatable bonds is 8. The Morgan fingerprint density at radius 3 is 1.17 bits per heavy atom. The third-order valence-electron chi connectivity index (χ3n) is 7.20. The van der Waals surface area contributed by atoms with Crippen molar-refractivity contribution in [3.63, 3.8) is 0 Å². The van der Waals surface area contributed by atoms with Crippen molar-refractivity contribution in [1.82, 2.24) is 10.9 Å². The molecule has 0 fully saturated rings. The molecule has 200 valence electrons. The Labute approximate surface area is 237 Å². The quantitative estimate of drug-likeness (QED) is 0.124. The van der Waals surface area contributed by atoms with Crippen molar-refractivity contribution in [2.45, 2.75) is 19.3 Å². The minimum atomic E-state index is -0.246. The number of benzene rings is 6. The Balaban J connectivity index is 1.05. The van der Waals surface area contributed by atoms with Crippen LogP contribution in [0.1, 0.15) is 30.4 Å². The van der Waals surface area contributed by atoms with Crippen LogP contribution in [0.3, 0.4) is 0 Å². The average molecular weight is 537 g/mol. The SMILES string of the molecule is O=C(CCCC(=O)N/N=C/c1c2ccccc2cc2ccccc12)N/N=C\c1c2ccccc2cc2ccccc12. The molecule has 6 nitrogen and oxygen atoms in total. The van der Waals surface area contributed by atoms with Crippen molar-refractivity contribution in [3.05, 3.63) is 120 Å². The van der Waals surface area contributed by atoms with E-state index in [1.807, 2.05) is 48.5 Å². The number of nitrogens with zero attached hydrogens (tertiary/aromatic N) is 2. The van der Waals surface area contributed by atoms with Crippen molar-refractivity contribution in [3.8, 4) is 0 Å². The van der Waals surface area contributed by atoms with Gasteiger partial charge in [-0.05, 0) is 61.6 Å². The van der Waals surface area contributed by atoms with Gasteiger partial charge in [0.1, 0.15) is 0 Å². The van der Waals surface area contributed by atoms with E-state index in [2.05, 4.69) is 81.7 Å². The van der Waals surface area contributed by atoms with E-state index < -0.39 is 0 Å². The summed E-state index contributed by atoms with van der Waals surface area (Å²) in [6.07, 6.45) is 4.14. The maximum Gasteiger partial charge on any atom is 0.240 e. The van der Waals surface area contributed by atoms with Crippen LogP contribution in [0, 0.1) is 0 Å². The lowest BCUT2D eigenvalue weighted by molar-refractivity contribution is -0.122. The second kappa shape index (κ2) is 11.8. The zero-order valence-corrected chi connectivity index (χ0v) is 22.4. The van der Waals surface area contributed by atoms with Gasteiger partial charge in [-0.2, -0.15) is 10.2 Å². The maximum atomic E-state index is 12.4. The number of carbonyl (C=O) groups is 2. The fourth-order valence-electron chi connectivity index (χ4n) is 5.23. The molecule has 0 radical (unpaired) electrons. The van der Waals surface area contributed by atoms with Crippen molar-refractivity contribution in [2.75, 3.05) is 0 Å². The fraction of sp³-hybridized carbons (Fsp3) is 0.0857. The molecule has 0 saturated carbocycles. The van der Waals surface area contributed by atoms with Crippen LogP contribution in [-0.4, -0.2) is 24.2 Å². The monoisotopic (exact) mass is 536 g/mol. The molecule has 6 heteroatoms. The molecule has 0 unspecified atom stereocenters. The van der Waals surface area contributed by atoms with Crippen LogP contribution in [0.25, 0.3) is 43.1 Å². The van der Waals surface area contributed by atoms with Gasteiger partial charge in [0.2, 0.25) is 11.8 Å². The molecular weight excluding hydrogens is 508 g/mol. The molecule has 0 spiro atoms. The van der Waals surface area contributed by atoms with E-state index >= 15 is 0 Å². The lowest BCUT2D eigenvalue weighted by Crippen LogP contribution is -2.20. The molecule has 6 aromatic carbocycles. The van der Waals surface area contributed by atoms with Crippen LogP contribution < -0.4 is 10.9 Å². The number of hydrogen-bond acceptors (Lipinski definition) is 4. The van der Waals surface area contributed by atoms with Gasteiger partial charge in [0, 0.05) is 24.0 Å². The van der Waals surface area contributed by atoms with E-state index in [1.165, 1.54) is 0 Å². The lowest BCUT2D eigenvalue weighted by atomic mass is 9.97. The minimum absolute atomic E-state index is 0.179. The summed E-state index contributed by atoms with van der Waals surface area (Å²) in [6.45, 7) is 0. The highest BCUT2D eigenvalue weighted by molar-refractivity contribution is 6.14. The van der Waals surface area contributed by atoms with Gasteiger partial charge in [-0.1, -0.05) is 97.1 Å². The van der Waals surface area contributed by atoms with Crippen LogP contribution in [0.15, 0.2) is 119 Å². The Bertz CT molecular complexity index is 1730. The molecule has 41 heavy (non-hydrogen) atoms. The third kappa shape index (κ3) is 5.68. The number of carbonyl (C=O) groups excluding carboxylic acids is 2. The van der Waals surface area contributed by atoms with Crippen LogP contribution in [0.4, 0.5) is 0 Å². The van der Waals surface area contributed by atoms with Crippen molar-refractivity contribution < 1.29 is 9.59 Å². The molecule has 2 amide bonds. The van der Waals surface area contributed by atoms with Gasteiger partial charge in [0.25, 0.3) is 0 Å². The van der Waals surface area contributed by atoms with Crippen molar-refractivity contribution in [1.29, 1.82) is 0 Å². The summed E-state index contributed by atoms with van der Waals surface area (Å²) in [7, 11) is 0. The number of hydrazone groups is 2. The Hall–Kier alpha value is -5.36. The Morgan fingerprint density at radius 1 is 0.512 bits per heavy atom. The highest BCUT2D eigenvalue weighted by Crippen LogP contribution is 2.28. The molecule has 0 bridgehead atoms. The summed E-state index contributed by atoms with van der Waals surface area (Å²) in [5.41, 5.74) is 7.11. The molecule has 0 aliphatic rings. The average Bonchev–Trinajstić information content (AvgIpc) is 3.00. The summed E-state index contributed by atoms with van der Waals surface area (Å²) in [6, 6.07) is 36.8. The van der Waals surface area contributed by atoms with Crippen LogP contribution >= 0.6 is 0 Å². The Kier molecular flexibility index (Phi) is 7.45. The zero-order valence-electron chi connectivity index (χ0n) is 22.4. The van der Waals surface area contributed by atoms with E-state index in [0.29, 0.717) is 6.42 Å². The smallest absolute Gasteiger partial charge is 0.240 e. The molecule has 6 rings (SSSR count). The van der Waals surface area contributed by atoms with Gasteiger partial charge in [0.05, 0.1) is 12.4 Å². The van der Waals surface area contributed by atoms with Crippen LogP contribution in [0.5, 0.6) is 0 Å². The second-order valence-electron chi connectivity index (χ2n) is 9.90. The lowest BCUT2D eigenvalue weighted by Gasteiger charge is -2.08. The molecule has 6 aromatic rings. The number of amides is 2. The van der Waals surface area contributed by atoms with E-state index in [1.54, 1.807) is 12.4 Å². The van der Waals surface area contributed by atoms with Gasteiger partial charge < -0.3 is 0 Å². The number of hydrogen-bond donors (Lipinski definition) is 2. The summed E-state index contributed by atoms with van der Waals surface area (Å²) in [5, 5.41) is 17.2. The largest absolute Gasteiger partial charge is 0.273 e. The number of fused-ring (bicyclic) bond motifs is 4. The first-order chi connectivity index (χ1) is 20.2. The standard InChI is InChI=1S/C35H28N4O2/c40-34(38-36-22-32-28-14-5-1-10-24(28)20-25-11-2-6-15-29(25)32)18-9-19-35(41)39-37-23-33-30-16-7-3-12-26(30)21-27-13-4-8-17-31(27)33/h1-8,10-17,20-23H,9,18-19H2,(H,38,40)(H,39,41)/b36-22-,37-23+. The van der Waals surface area contributed by atoms with Crippen LogP contribution in [0.2, 0.25) is 0 Å². The van der Waals surface area contributed by atoms with Gasteiger partial charge >= 0.3 is 0 Å². The number of nitrogens with one attached hydrogen (secondary N) is 2. The van der Waals surface area contributed by atoms with E-state index in [9.17, 15) is 9.59 Å². The predicted molar refractivity (Wildman–Crippen MR) is 168 cm³/mol. The highest BCUT2D eigenvalue weighted by atomic mass is 16.2. The Morgan fingerprint density at radius 2 is 0.829 bits per heavy atom. The van der Waals surface area contributed by atoms with Gasteiger partial charge in [-0.3, -0.25) is 9.59 Å². The summed E-state index contributed by atoms with van der Waals surface area (Å²) < 4.78 is 0. The van der Waals surface area contributed by atoms with Gasteiger partial charge in [-0.25, -0.2) is 10.9 Å². The van der Waals surface area contributed by atoms with E-state index in [4.69, 9.17) is 0 Å². The third-order valence-corrected chi connectivity index (χ3v) is 7.20. The topological polar surface area (TPSA) is 82.9 Å². The fourth-order valence-corrected chi connectivity index (χ4v) is 5.23. The van der Waals surface area contributed by atoms with Crippen molar-refractivity contribution in [2.24, 2.45) is 10.2 Å². The predicted octanol–water partition coefficient (Wildman–Crippen LogP) is 7.07. The maximum absolute atomic E-state index is 12.4. The molecule has 0 atom stereocenters. The first kappa shape index (κ1) is 25.9. The molecular formula is C35H28N4O2. The van der Waals surface area contributed by atoms with Crippen LogP contribution in [-0.2, 0) is 9.59 Å². The second-order valence-corrected chi connectivity index (χ2v) is 9.90. The first-order valence-electron chi connectivity index (χ1n) is 13.6. The van der Waals surface area contributed by atoms with Crippen molar-refractivity contribution >= 4 is 67.3 Å². The molecule has 0 aromatic heterocycles. The molecule has 0 aliphatic heterocycles. The summed E-state index contributed by atoms with van der Waals surface area (Å²) in [4.78, 5) is 24.8. The van der Waals surface area contributed by atoms with E-state index in [0.717, 1.165) is 54.2 Å².